The van der Waals surface area contributed by atoms with Gasteiger partial charge < -0.3 is 25.4 Å². The van der Waals surface area contributed by atoms with Gasteiger partial charge in [-0.05, 0) is 34.4 Å². The molecule has 5 aromatic rings. The molecule has 15 heteroatoms. The summed E-state index contributed by atoms with van der Waals surface area (Å²) in [5, 5.41) is 32.1. The first kappa shape index (κ1) is 29.5. The predicted molar refractivity (Wildman–Crippen MR) is 157 cm³/mol. The number of anilines is 1. The van der Waals surface area contributed by atoms with E-state index in [0.29, 0.717) is 11.1 Å². The van der Waals surface area contributed by atoms with Crippen molar-refractivity contribution in [1.82, 2.24) is 24.5 Å². The van der Waals surface area contributed by atoms with Crippen LogP contribution in [0.1, 0.15) is 23.0 Å². The summed E-state index contributed by atoms with van der Waals surface area (Å²) in [5.41, 5.74) is 8.40. The molecule has 1 unspecified atom stereocenters. The molecular formula is C29H23ClFN7O5S. The first-order chi connectivity index (χ1) is 21.2. The van der Waals surface area contributed by atoms with Crippen LogP contribution in [0, 0.1) is 11.3 Å². The second kappa shape index (κ2) is 11.9. The predicted octanol–water partition coefficient (Wildman–Crippen LogP) is 3.89. The van der Waals surface area contributed by atoms with Crippen molar-refractivity contribution >= 4 is 45.9 Å². The van der Waals surface area contributed by atoms with Crippen LogP contribution in [0.3, 0.4) is 0 Å². The number of nitrogen functional groups attached to an aromatic ring is 1. The van der Waals surface area contributed by atoms with Crippen molar-refractivity contribution in [2.75, 3.05) is 12.3 Å². The fraction of sp³-hybridized carbons (Fsp3) is 0.241. The van der Waals surface area contributed by atoms with Gasteiger partial charge in [0.2, 0.25) is 10.9 Å². The Bertz CT molecular complexity index is 1870. The molecule has 4 N–H and O–H groups in total. The first-order valence-electron chi connectivity index (χ1n) is 13.2. The minimum absolute atomic E-state index is 0.00982. The number of aliphatic hydroxyl groups is 1. The molecule has 0 saturated carbocycles. The molecule has 12 nitrogen and oxygen atoms in total. The Balaban J connectivity index is 1.26. The van der Waals surface area contributed by atoms with Crippen LogP contribution in [0.25, 0.3) is 22.3 Å². The molecule has 1 aliphatic heterocycles. The van der Waals surface area contributed by atoms with Gasteiger partial charge in [-0.1, -0.05) is 42.5 Å². The van der Waals surface area contributed by atoms with Gasteiger partial charge in [0.1, 0.15) is 17.7 Å². The zero-order chi connectivity index (χ0) is 31.0. The maximum Gasteiger partial charge on any atom is 0.342 e. The number of carboxylic acids is 1. The Morgan fingerprint density at radius 2 is 2.00 bits per heavy atom. The minimum Gasteiger partial charge on any atom is -0.479 e. The van der Waals surface area contributed by atoms with Crippen molar-refractivity contribution in [3.05, 3.63) is 87.9 Å². The highest BCUT2D eigenvalue weighted by Crippen LogP contribution is 2.37. The van der Waals surface area contributed by atoms with Crippen LogP contribution in [-0.2, 0) is 26.3 Å². The Morgan fingerprint density at radius 1 is 1.23 bits per heavy atom. The number of aliphatic hydroxyl groups excluding tert-OH is 1. The third kappa shape index (κ3) is 5.25. The number of carboxylic acid groups (broad SMARTS) is 1. The highest BCUT2D eigenvalue weighted by molar-refractivity contribution is 7.07. The average Bonchev–Trinajstić information content (AvgIpc) is 3.77. The molecule has 0 bridgehead atoms. The summed E-state index contributed by atoms with van der Waals surface area (Å²) >= 11 is 7.12. The van der Waals surface area contributed by atoms with E-state index in [0.717, 1.165) is 11.1 Å². The number of nitrogens with zero attached hydrogens (tertiary/aromatic N) is 6. The molecule has 0 amide bonds. The van der Waals surface area contributed by atoms with E-state index >= 15 is 4.39 Å². The zero-order valence-corrected chi connectivity index (χ0v) is 24.2. The lowest BCUT2D eigenvalue weighted by Gasteiger charge is -2.30. The molecule has 1 aliphatic rings. The van der Waals surface area contributed by atoms with E-state index in [1.165, 1.54) is 27.7 Å². The third-order valence-corrected chi connectivity index (χ3v) is 8.20. The number of nitriles is 1. The molecule has 0 spiro atoms. The van der Waals surface area contributed by atoms with Gasteiger partial charge in [-0.2, -0.15) is 15.2 Å². The maximum atomic E-state index is 15.4. The summed E-state index contributed by atoms with van der Waals surface area (Å²) in [6.45, 7) is -0.486. The molecule has 0 radical (unpaired) electrons. The summed E-state index contributed by atoms with van der Waals surface area (Å²) in [4.78, 5) is 29.1. The van der Waals surface area contributed by atoms with Gasteiger partial charge in [0.25, 0.3) is 0 Å². The van der Waals surface area contributed by atoms with Gasteiger partial charge in [-0.15, -0.1) is 11.3 Å². The number of aromatic nitrogens is 5. The molecule has 5 atom stereocenters. The topological polar surface area (TPSA) is 182 Å². The van der Waals surface area contributed by atoms with Crippen LogP contribution in [-0.4, -0.2) is 65.7 Å². The normalized spacial score (nSPS) is 21.2. The molecule has 1 fully saturated rings. The lowest BCUT2D eigenvalue weighted by atomic mass is 9.90. The fourth-order valence-corrected chi connectivity index (χ4v) is 5.97. The standard InChI is InChI=1S/C29H23ClFN7O5S/c30-28-36-24(33)22-25(37-28)38(13-34-22)26-21(31)23(39)19(43-26)11-42-29(27(40)41,20-12-44-14-35-20)9-15-5-7-16(8-6-15)18-4-2-1-3-17(18)10-32/h1-8,12-14,19,21,23,26,39H,9,11H2,(H,40,41)(H2,33,36,37)/t19-,21+,23-,26-,29?/m1/s1. The van der Waals surface area contributed by atoms with Crippen molar-refractivity contribution in [2.45, 2.75) is 36.6 Å². The van der Waals surface area contributed by atoms with Crippen molar-refractivity contribution < 1.29 is 28.9 Å². The number of alkyl halides is 1. The summed E-state index contributed by atoms with van der Waals surface area (Å²) in [7, 11) is 0. The van der Waals surface area contributed by atoms with Crippen LogP contribution >= 0.6 is 22.9 Å². The number of aliphatic carboxylic acids is 1. The van der Waals surface area contributed by atoms with Gasteiger partial charge in [-0.25, -0.2) is 19.2 Å². The number of hydrogen-bond acceptors (Lipinski definition) is 11. The van der Waals surface area contributed by atoms with Crippen LogP contribution in [0.2, 0.25) is 5.28 Å². The molecule has 3 aromatic heterocycles. The summed E-state index contributed by atoms with van der Waals surface area (Å²) in [6.07, 6.45) is -5.15. The van der Waals surface area contributed by atoms with Gasteiger partial charge in [-0.3, -0.25) is 4.57 Å². The highest BCUT2D eigenvalue weighted by Gasteiger charge is 2.49. The van der Waals surface area contributed by atoms with Gasteiger partial charge in [0.05, 0.1) is 35.8 Å². The Kier molecular flexibility index (Phi) is 7.97. The number of fused-ring (bicyclic) bond motifs is 1. The largest absolute Gasteiger partial charge is 0.479 e. The Labute approximate surface area is 258 Å². The molecule has 0 aliphatic carbocycles. The van der Waals surface area contributed by atoms with E-state index in [2.05, 4.69) is 26.0 Å². The van der Waals surface area contributed by atoms with Crippen LogP contribution in [0.15, 0.2) is 65.7 Å². The van der Waals surface area contributed by atoms with E-state index in [9.17, 15) is 20.3 Å². The number of rotatable bonds is 9. The third-order valence-electron chi connectivity index (χ3n) is 7.44. The van der Waals surface area contributed by atoms with Crippen LogP contribution in [0.4, 0.5) is 10.2 Å². The van der Waals surface area contributed by atoms with Gasteiger partial charge in [0.15, 0.2) is 23.9 Å². The molecule has 44 heavy (non-hydrogen) atoms. The first-order valence-corrected chi connectivity index (χ1v) is 14.5. The van der Waals surface area contributed by atoms with E-state index in [-0.39, 0.29) is 34.4 Å². The SMILES string of the molecule is N#Cc1ccccc1-c1ccc(CC(OC[C@H]2O[C@@H](n3cnc4c(N)nc(Cl)nc43)[C@@H](F)[C@@H]2O)(C(=O)O)c2cscn2)cc1. The lowest BCUT2D eigenvalue weighted by Crippen LogP contribution is -2.44. The monoisotopic (exact) mass is 635 g/mol. The number of halogens is 2. The fourth-order valence-electron chi connectivity index (χ4n) is 5.18. The maximum absolute atomic E-state index is 15.4. The average molecular weight is 636 g/mol. The highest BCUT2D eigenvalue weighted by atomic mass is 35.5. The van der Waals surface area contributed by atoms with E-state index in [4.69, 9.17) is 26.8 Å². The number of benzene rings is 2. The van der Waals surface area contributed by atoms with Crippen molar-refractivity contribution in [1.29, 1.82) is 5.26 Å². The number of nitrogens with two attached hydrogens (primary N) is 1. The number of ether oxygens (including phenoxy) is 2. The summed E-state index contributed by atoms with van der Waals surface area (Å²) < 4.78 is 28.5. The number of thiazole rings is 1. The van der Waals surface area contributed by atoms with Crippen LogP contribution in [0.5, 0.6) is 0 Å². The second-order valence-electron chi connectivity index (χ2n) is 10.0. The molecular weight excluding hydrogens is 613 g/mol. The molecule has 224 valence electrons. The van der Waals surface area contributed by atoms with Crippen molar-refractivity contribution in [2.24, 2.45) is 0 Å². The molecule has 1 saturated heterocycles. The molecule has 4 heterocycles. The minimum atomic E-state index is -1.99. The van der Waals surface area contributed by atoms with E-state index < -0.39 is 42.8 Å². The lowest BCUT2D eigenvalue weighted by molar-refractivity contribution is -0.177. The van der Waals surface area contributed by atoms with Gasteiger partial charge in [0, 0.05) is 11.8 Å². The van der Waals surface area contributed by atoms with Crippen molar-refractivity contribution in [3.63, 3.8) is 0 Å². The number of imidazole rings is 1. The quantitative estimate of drug-likeness (QED) is 0.200. The van der Waals surface area contributed by atoms with Crippen LogP contribution < -0.4 is 5.73 Å². The van der Waals surface area contributed by atoms with E-state index in [1.807, 2.05) is 12.1 Å². The number of carbonyl (C=O) groups is 1. The summed E-state index contributed by atoms with van der Waals surface area (Å²) in [6, 6.07) is 16.4. The zero-order valence-electron chi connectivity index (χ0n) is 22.6. The van der Waals surface area contributed by atoms with Crippen molar-refractivity contribution in [3.8, 4) is 17.2 Å². The van der Waals surface area contributed by atoms with Gasteiger partial charge >= 0.3 is 5.97 Å². The molecule has 6 rings (SSSR count). The second-order valence-corrected chi connectivity index (χ2v) is 11.1. The Hall–Kier alpha value is -4.52. The summed E-state index contributed by atoms with van der Waals surface area (Å²) in [5.74, 6) is -1.34. The number of hydrogen-bond donors (Lipinski definition) is 3. The Morgan fingerprint density at radius 3 is 2.70 bits per heavy atom. The van der Waals surface area contributed by atoms with E-state index in [1.54, 1.807) is 41.8 Å². The molecule has 2 aromatic carbocycles. The smallest absolute Gasteiger partial charge is 0.342 e.